The van der Waals surface area contributed by atoms with Gasteiger partial charge in [0.2, 0.25) is 0 Å². The molecule has 0 aromatic heterocycles. The molecule has 3 rings (SSSR count). The molecule has 2 fully saturated rings. The van der Waals surface area contributed by atoms with Gasteiger partial charge >= 0.3 is 0 Å². The van der Waals surface area contributed by atoms with Crippen molar-refractivity contribution in [2.75, 3.05) is 0 Å². The maximum absolute atomic E-state index is 2.53. The van der Waals surface area contributed by atoms with Crippen LogP contribution in [0.15, 0.2) is 24.3 Å². The molecule has 0 spiro atoms. The Kier molecular flexibility index (Phi) is 6.47. The van der Waals surface area contributed by atoms with Gasteiger partial charge < -0.3 is 0 Å². The molecule has 0 atom stereocenters. The average molecular weight is 357 g/mol. The average Bonchev–Trinajstić information content (AvgIpc) is 2.61. The lowest BCUT2D eigenvalue weighted by Gasteiger charge is -2.38. The third kappa shape index (κ3) is 5.71. The highest BCUT2D eigenvalue weighted by molar-refractivity contribution is 6.76. The van der Waals surface area contributed by atoms with Crippen LogP contribution in [0.1, 0.15) is 74.8 Å². The number of aryl methyl sites for hydroxylation is 1. The Hall–Kier alpha value is -0.563. The highest BCUT2D eigenvalue weighted by Gasteiger charge is 2.31. The minimum atomic E-state index is -0.834. The second-order valence-electron chi connectivity index (χ2n) is 10.4. The molecule has 1 aromatic carbocycles. The molecule has 0 N–H and O–H groups in total. The summed E-state index contributed by atoms with van der Waals surface area (Å²) in [4.78, 5) is 0. The maximum Gasteiger partial charge on any atom is 0.0442 e. The molecule has 1 aromatic rings. The quantitative estimate of drug-likeness (QED) is 0.472. The van der Waals surface area contributed by atoms with Gasteiger partial charge in [-0.1, -0.05) is 74.8 Å². The number of benzene rings is 1. The summed E-state index contributed by atoms with van der Waals surface area (Å²) >= 11 is 0. The van der Waals surface area contributed by atoms with Crippen molar-refractivity contribution in [2.24, 2.45) is 17.8 Å². The lowest BCUT2D eigenvalue weighted by molar-refractivity contribution is 0.158. The third-order valence-electron chi connectivity index (χ3n) is 7.18. The van der Waals surface area contributed by atoms with E-state index in [2.05, 4.69) is 50.8 Å². The van der Waals surface area contributed by atoms with Crippen LogP contribution in [-0.2, 0) is 0 Å². The molecule has 2 aliphatic carbocycles. The standard InChI is InChI=1S/C24H40Si/c1-19-5-9-21(10-6-19)23-13-15-24(16-14-23)22-11-7-20(8-12-22)17-18-25(2,3)4/h5-6,9-10,20,22-24H,7-8,11-18H2,1-4H3. The van der Waals surface area contributed by atoms with Crippen LogP contribution in [0.3, 0.4) is 0 Å². The van der Waals surface area contributed by atoms with Crippen LogP contribution in [-0.4, -0.2) is 8.07 Å². The van der Waals surface area contributed by atoms with E-state index < -0.39 is 8.07 Å². The lowest BCUT2D eigenvalue weighted by atomic mass is 9.68. The van der Waals surface area contributed by atoms with Crippen molar-refractivity contribution in [1.82, 2.24) is 0 Å². The summed E-state index contributed by atoms with van der Waals surface area (Å²) in [6.45, 7) is 9.79. The first-order valence-corrected chi connectivity index (χ1v) is 14.7. The molecule has 2 saturated carbocycles. The van der Waals surface area contributed by atoms with Crippen molar-refractivity contribution < 1.29 is 0 Å². The molecule has 0 heterocycles. The van der Waals surface area contributed by atoms with Crippen molar-refractivity contribution in [3.63, 3.8) is 0 Å². The first kappa shape index (κ1) is 19.2. The van der Waals surface area contributed by atoms with Crippen LogP contribution in [0, 0.1) is 24.7 Å². The normalized spacial score (nSPS) is 31.0. The van der Waals surface area contributed by atoms with Gasteiger partial charge in [0.05, 0.1) is 0 Å². The largest absolute Gasteiger partial charge is 0.0695 e. The molecule has 0 nitrogen and oxygen atoms in total. The molecule has 25 heavy (non-hydrogen) atoms. The van der Waals surface area contributed by atoms with Gasteiger partial charge in [-0.25, -0.2) is 0 Å². The first-order valence-electron chi connectivity index (χ1n) is 11.0. The predicted molar refractivity (Wildman–Crippen MR) is 114 cm³/mol. The topological polar surface area (TPSA) is 0 Å². The van der Waals surface area contributed by atoms with Crippen molar-refractivity contribution >= 4 is 8.07 Å². The van der Waals surface area contributed by atoms with Gasteiger partial charge in [0.25, 0.3) is 0 Å². The highest BCUT2D eigenvalue weighted by atomic mass is 28.3. The fourth-order valence-electron chi connectivity index (χ4n) is 5.35. The predicted octanol–water partition coefficient (Wildman–Crippen LogP) is 7.80. The van der Waals surface area contributed by atoms with Crippen molar-refractivity contribution in [2.45, 2.75) is 96.3 Å². The Morgan fingerprint density at radius 3 is 1.80 bits per heavy atom. The Balaban J connectivity index is 1.41. The van der Waals surface area contributed by atoms with E-state index in [1.807, 2.05) is 0 Å². The zero-order valence-corrected chi connectivity index (χ0v) is 18.2. The Morgan fingerprint density at radius 1 is 0.760 bits per heavy atom. The monoisotopic (exact) mass is 356 g/mol. The molecule has 0 saturated heterocycles. The summed E-state index contributed by atoms with van der Waals surface area (Å²) in [6, 6.07) is 10.9. The summed E-state index contributed by atoms with van der Waals surface area (Å²) in [5.74, 6) is 4.00. The number of rotatable bonds is 5. The molecule has 0 aliphatic heterocycles. The molecule has 2 aliphatic rings. The summed E-state index contributed by atoms with van der Waals surface area (Å²) < 4.78 is 0. The first-order chi connectivity index (χ1) is 11.9. The van der Waals surface area contributed by atoms with Crippen LogP contribution in [0.2, 0.25) is 25.7 Å². The van der Waals surface area contributed by atoms with E-state index in [9.17, 15) is 0 Å². The zero-order valence-electron chi connectivity index (χ0n) is 17.2. The van der Waals surface area contributed by atoms with Crippen molar-refractivity contribution in [1.29, 1.82) is 0 Å². The van der Waals surface area contributed by atoms with Crippen molar-refractivity contribution in [3.8, 4) is 0 Å². The Morgan fingerprint density at radius 2 is 1.28 bits per heavy atom. The molecular weight excluding hydrogens is 316 g/mol. The van der Waals surface area contributed by atoms with E-state index in [4.69, 9.17) is 0 Å². The highest BCUT2D eigenvalue weighted by Crippen LogP contribution is 2.44. The Labute approximate surface area is 157 Å². The van der Waals surface area contributed by atoms with Crippen LogP contribution < -0.4 is 0 Å². The van der Waals surface area contributed by atoms with Gasteiger partial charge in [-0.15, -0.1) is 0 Å². The van der Waals surface area contributed by atoms with Gasteiger partial charge in [-0.3, -0.25) is 0 Å². The number of hydrogen-bond donors (Lipinski definition) is 0. The van der Waals surface area contributed by atoms with E-state index in [1.54, 1.807) is 11.6 Å². The van der Waals surface area contributed by atoms with E-state index in [0.29, 0.717) is 0 Å². The van der Waals surface area contributed by atoms with Gasteiger partial charge in [0.1, 0.15) is 0 Å². The Bertz CT molecular complexity index is 508. The van der Waals surface area contributed by atoms with Gasteiger partial charge in [-0.2, -0.15) is 0 Å². The summed E-state index contributed by atoms with van der Waals surface area (Å²) in [5.41, 5.74) is 2.99. The van der Waals surface area contributed by atoms with Crippen LogP contribution in [0.25, 0.3) is 0 Å². The SMILES string of the molecule is Cc1ccc(C2CCC(C3CCC(CC[Si](C)(C)C)CC3)CC2)cc1. The lowest BCUT2D eigenvalue weighted by Crippen LogP contribution is -2.26. The van der Waals surface area contributed by atoms with E-state index in [0.717, 1.165) is 23.7 Å². The van der Waals surface area contributed by atoms with Crippen LogP contribution in [0.5, 0.6) is 0 Å². The third-order valence-corrected chi connectivity index (χ3v) is 8.97. The van der Waals surface area contributed by atoms with E-state index in [-0.39, 0.29) is 0 Å². The summed E-state index contributed by atoms with van der Waals surface area (Å²) in [7, 11) is -0.834. The molecule has 0 unspecified atom stereocenters. The molecular formula is C24H40Si. The van der Waals surface area contributed by atoms with Gasteiger partial charge in [0, 0.05) is 8.07 Å². The van der Waals surface area contributed by atoms with Gasteiger partial charge in [-0.05, 0) is 74.7 Å². The minimum absolute atomic E-state index is 0.834. The molecule has 0 bridgehead atoms. The van der Waals surface area contributed by atoms with E-state index >= 15 is 0 Å². The van der Waals surface area contributed by atoms with E-state index in [1.165, 1.54) is 63.4 Å². The second-order valence-corrected chi connectivity index (χ2v) is 16.0. The van der Waals surface area contributed by atoms with Crippen LogP contribution in [0.4, 0.5) is 0 Å². The van der Waals surface area contributed by atoms with Crippen LogP contribution >= 0.6 is 0 Å². The molecule has 0 radical (unpaired) electrons. The number of hydrogen-bond acceptors (Lipinski definition) is 0. The fourth-order valence-corrected chi connectivity index (χ4v) is 6.62. The summed E-state index contributed by atoms with van der Waals surface area (Å²) in [6.07, 6.45) is 13.5. The maximum atomic E-state index is 2.53. The smallest absolute Gasteiger partial charge is 0.0442 e. The second kappa shape index (κ2) is 8.42. The van der Waals surface area contributed by atoms with Crippen molar-refractivity contribution in [3.05, 3.63) is 35.4 Å². The fraction of sp³-hybridized carbons (Fsp3) is 0.750. The molecule has 1 heteroatoms. The molecule has 140 valence electrons. The zero-order chi connectivity index (χ0) is 17.9. The minimum Gasteiger partial charge on any atom is -0.0695 e. The molecule has 0 amide bonds. The van der Waals surface area contributed by atoms with Gasteiger partial charge in [0.15, 0.2) is 0 Å². The summed E-state index contributed by atoms with van der Waals surface area (Å²) in [5, 5.41) is 0.